The second-order valence-electron chi connectivity index (χ2n) is 18.1. The normalized spacial score (nSPS) is 20.2. The third kappa shape index (κ3) is 9.99. The second-order valence-corrected chi connectivity index (χ2v) is 18.1. The van der Waals surface area contributed by atoms with Crippen molar-refractivity contribution in [1.82, 2.24) is 30.4 Å². The minimum absolute atomic E-state index is 0.118. The Morgan fingerprint density at radius 3 is 2.04 bits per heavy atom. The first-order valence-corrected chi connectivity index (χ1v) is 23.3. The fourth-order valence-corrected chi connectivity index (χ4v) is 9.92. The van der Waals surface area contributed by atoms with Crippen molar-refractivity contribution in [2.24, 2.45) is 0 Å². The molecule has 0 radical (unpaired) electrons. The highest BCUT2D eigenvalue weighted by Crippen LogP contribution is 2.43. The van der Waals surface area contributed by atoms with E-state index in [-0.39, 0.29) is 19.0 Å². The van der Waals surface area contributed by atoms with Crippen molar-refractivity contribution >= 4 is 23.6 Å². The zero-order valence-corrected chi connectivity index (χ0v) is 38.7. The molecule has 3 aromatic carbocycles. The predicted octanol–water partition coefficient (Wildman–Crippen LogP) is 5.52. The molecule has 15 heteroatoms. The van der Waals surface area contributed by atoms with Crippen LogP contribution in [0.1, 0.15) is 86.2 Å². The van der Waals surface area contributed by atoms with E-state index in [0.29, 0.717) is 42.5 Å². The Morgan fingerprint density at radius 2 is 1.39 bits per heavy atom. The van der Waals surface area contributed by atoms with Crippen molar-refractivity contribution < 1.29 is 44.0 Å². The van der Waals surface area contributed by atoms with Crippen LogP contribution in [0.4, 0.5) is 4.39 Å². The van der Waals surface area contributed by atoms with Crippen LogP contribution in [-0.4, -0.2) is 101 Å². The molecule has 8 rings (SSSR count). The fourth-order valence-electron chi connectivity index (χ4n) is 9.92. The Kier molecular flexibility index (Phi) is 14.6. The number of likely N-dealkylation sites (tertiary alicyclic amines) is 1. The molecule has 0 spiro atoms. The standard InChI is InChI=1S/C54H57FN6O8/c1-4-54(24-6-28-61(54)53(69)49(65)47(63)51(67)59-32(2)34-9-13-36(14-10-34)37-21-25-56-26-22-37)41-19-17-38(18-20-41)42-8-5-7-40-30-60(31-44(40)42)52(68)48(64)46(62)50(66)58-33(3)35-11-15-39(16-12-35)43-23-27-57-29-45(43)55/h5,7-13,15-23,25-27,29,32-33,36,46-49,62-65H,4,6,14,24,28,30-31H2,1-3H3,(H,58,66)(H,59,67)/t32-,33-,36?,46-,47-,48-,49-,54?/m1/s1. The Balaban J connectivity index is 0.877. The van der Waals surface area contributed by atoms with E-state index in [9.17, 15) is 44.0 Å². The molecule has 358 valence electrons. The largest absolute Gasteiger partial charge is 0.380 e. The Morgan fingerprint density at radius 1 is 0.754 bits per heavy atom. The fraction of sp³-hybridized carbons (Fsp3) is 0.333. The summed E-state index contributed by atoms with van der Waals surface area (Å²) >= 11 is 0. The average molecular weight is 937 g/mol. The molecular formula is C54H57FN6O8. The molecule has 0 bridgehead atoms. The van der Waals surface area contributed by atoms with Crippen LogP contribution in [0.3, 0.4) is 0 Å². The maximum Gasteiger partial charge on any atom is 0.255 e. The number of amides is 4. The molecule has 14 nitrogen and oxygen atoms in total. The number of hydrogen-bond acceptors (Lipinski definition) is 10. The van der Waals surface area contributed by atoms with Crippen LogP contribution >= 0.6 is 0 Å². The minimum Gasteiger partial charge on any atom is -0.380 e. The van der Waals surface area contributed by atoms with Crippen LogP contribution in [0, 0.1) is 5.82 Å². The van der Waals surface area contributed by atoms with Crippen molar-refractivity contribution in [3.63, 3.8) is 0 Å². The van der Waals surface area contributed by atoms with Crippen LogP contribution in [0.5, 0.6) is 0 Å². The Bertz CT molecular complexity index is 2750. The van der Waals surface area contributed by atoms with Crippen LogP contribution in [-0.2, 0) is 37.8 Å². The van der Waals surface area contributed by atoms with Gasteiger partial charge in [-0.15, -0.1) is 0 Å². The van der Waals surface area contributed by atoms with Gasteiger partial charge in [-0.2, -0.15) is 0 Å². The van der Waals surface area contributed by atoms with Gasteiger partial charge in [0.15, 0.2) is 24.4 Å². The summed E-state index contributed by atoms with van der Waals surface area (Å²) in [4.78, 5) is 64.8. The first kappa shape index (κ1) is 48.5. The molecule has 5 aromatic rings. The van der Waals surface area contributed by atoms with Crippen molar-refractivity contribution in [3.8, 4) is 22.3 Å². The van der Waals surface area contributed by atoms with Crippen LogP contribution in [0.25, 0.3) is 22.3 Å². The van der Waals surface area contributed by atoms with E-state index in [1.807, 2.05) is 73.7 Å². The summed E-state index contributed by atoms with van der Waals surface area (Å²) in [5.74, 6) is -3.62. The third-order valence-electron chi connectivity index (χ3n) is 14.0. The van der Waals surface area contributed by atoms with Gasteiger partial charge >= 0.3 is 0 Å². The monoisotopic (exact) mass is 936 g/mol. The highest BCUT2D eigenvalue weighted by Gasteiger charge is 2.47. The summed E-state index contributed by atoms with van der Waals surface area (Å²) in [7, 11) is 0. The molecule has 8 atom stereocenters. The van der Waals surface area contributed by atoms with E-state index in [4.69, 9.17) is 0 Å². The highest BCUT2D eigenvalue weighted by atomic mass is 19.1. The number of fused-ring (bicyclic) bond motifs is 1. The molecule has 4 amide bonds. The van der Waals surface area contributed by atoms with Crippen molar-refractivity contribution in [1.29, 1.82) is 0 Å². The number of aliphatic hydroxyl groups is 4. The first-order valence-electron chi connectivity index (χ1n) is 23.3. The van der Waals surface area contributed by atoms with Crippen molar-refractivity contribution in [3.05, 3.63) is 167 Å². The Hall–Kier alpha value is -6.91. The molecule has 3 aliphatic rings. The molecular weight excluding hydrogens is 880 g/mol. The van der Waals surface area contributed by atoms with E-state index < -0.39 is 71.5 Å². The zero-order chi connectivity index (χ0) is 49.0. The zero-order valence-electron chi connectivity index (χ0n) is 38.7. The molecule has 2 aliphatic heterocycles. The van der Waals surface area contributed by atoms with E-state index in [1.54, 1.807) is 61.5 Å². The molecule has 69 heavy (non-hydrogen) atoms. The van der Waals surface area contributed by atoms with E-state index in [0.717, 1.165) is 51.6 Å². The summed E-state index contributed by atoms with van der Waals surface area (Å²) in [6.07, 6.45) is 6.56. The number of aromatic nitrogens is 2. The van der Waals surface area contributed by atoms with Gasteiger partial charge in [0.1, 0.15) is 5.82 Å². The summed E-state index contributed by atoms with van der Waals surface area (Å²) in [5.41, 5.74) is 7.00. The summed E-state index contributed by atoms with van der Waals surface area (Å²) in [6, 6.07) is 24.6. The topological polar surface area (TPSA) is 206 Å². The molecule has 6 N–H and O–H groups in total. The maximum absolute atomic E-state index is 14.2. The SMILES string of the molecule is CCC1(c2ccc(-c3cccc4c3CN(C(=O)[C@H](O)[C@@H](O)C(=O)N[C@H](C)c3ccc(-c5ccncc5F)cc3)C4)cc2)CCCN1C(=O)[C@H](O)[C@@H](O)C(=O)N[C@H](C)C1=CCC(c2ccncc2)C=C1. The van der Waals surface area contributed by atoms with Gasteiger partial charge in [-0.1, -0.05) is 91.9 Å². The smallest absolute Gasteiger partial charge is 0.255 e. The van der Waals surface area contributed by atoms with Crippen LogP contribution < -0.4 is 10.6 Å². The van der Waals surface area contributed by atoms with Gasteiger partial charge < -0.3 is 40.9 Å². The molecule has 1 fully saturated rings. The lowest BCUT2D eigenvalue weighted by Crippen LogP contribution is -2.55. The molecule has 2 aromatic heterocycles. The van der Waals surface area contributed by atoms with Gasteiger partial charge in [0, 0.05) is 49.7 Å². The van der Waals surface area contributed by atoms with Crippen molar-refractivity contribution in [2.45, 2.75) is 108 Å². The Labute approximate surface area is 400 Å². The summed E-state index contributed by atoms with van der Waals surface area (Å²) in [6.45, 7) is 6.02. The van der Waals surface area contributed by atoms with E-state index >= 15 is 0 Å². The molecule has 2 unspecified atom stereocenters. The number of pyridine rings is 2. The number of aliphatic hydroxyl groups excluding tert-OH is 4. The number of nitrogens with one attached hydrogen (secondary N) is 2. The lowest BCUT2D eigenvalue weighted by atomic mass is 9.83. The maximum atomic E-state index is 14.2. The molecule has 1 saturated heterocycles. The number of benzene rings is 3. The number of carbonyl (C=O) groups excluding carboxylic acids is 4. The first-order chi connectivity index (χ1) is 33.2. The number of allylic oxidation sites excluding steroid dienone is 2. The molecule has 0 saturated carbocycles. The van der Waals surface area contributed by atoms with Gasteiger partial charge in [-0.05, 0) is 108 Å². The third-order valence-corrected chi connectivity index (χ3v) is 14.0. The number of nitrogens with zero attached hydrogens (tertiary/aromatic N) is 4. The van der Waals surface area contributed by atoms with Crippen LogP contribution in [0.15, 0.2) is 134 Å². The molecule has 1 aliphatic carbocycles. The van der Waals surface area contributed by atoms with E-state index in [1.165, 1.54) is 11.1 Å². The van der Waals surface area contributed by atoms with Crippen molar-refractivity contribution in [2.75, 3.05) is 6.54 Å². The van der Waals surface area contributed by atoms with Gasteiger partial charge in [-0.3, -0.25) is 29.1 Å². The quantitative estimate of drug-likeness (QED) is 0.0776. The van der Waals surface area contributed by atoms with E-state index in [2.05, 4.69) is 26.7 Å². The summed E-state index contributed by atoms with van der Waals surface area (Å²) in [5, 5.41) is 49.5. The number of hydrogen-bond donors (Lipinski definition) is 6. The predicted molar refractivity (Wildman–Crippen MR) is 256 cm³/mol. The van der Waals surface area contributed by atoms with Gasteiger partial charge in [0.2, 0.25) is 0 Å². The minimum atomic E-state index is -2.05. The highest BCUT2D eigenvalue weighted by molar-refractivity contribution is 5.92. The van der Waals surface area contributed by atoms with Gasteiger partial charge in [0.05, 0.1) is 23.8 Å². The summed E-state index contributed by atoms with van der Waals surface area (Å²) < 4.78 is 14.2. The molecule has 4 heterocycles. The second kappa shape index (κ2) is 20.8. The van der Waals surface area contributed by atoms with Gasteiger partial charge in [-0.25, -0.2) is 4.39 Å². The number of rotatable bonds is 15. The van der Waals surface area contributed by atoms with Crippen LogP contribution in [0.2, 0.25) is 0 Å². The number of carbonyl (C=O) groups is 4. The van der Waals surface area contributed by atoms with Gasteiger partial charge in [0.25, 0.3) is 23.6 Å². The lowest BCUT2D eigenvalue weighted by molar-refractivity contribution is -0.157. The number of halogens is 1. The average Bonchev–Trinajstić information content (AvgIpc) is 4.04. The lowest BCUT2D eigenvalue weighted by Gasteiger charge is -2.40.